The molecule has 3 rings (SSSR count). The summed E-state index contributed by atoms with van der Waals surface area (Å²) in [6.45, 7) is 4.54. The number of anilines is 1. The molecule has 3 N–H and O–H groups in total. The summed E-state index contributed by atoms with van der Waals surface area (Å²) < 4.78 is 51.8. The standard InChI is InChI=1S/C27H31Cl3F3N3O5/c1-25(2,3)15-11-17(22(27(31,32)33)36(4)24(39)41-13-26(28,29)30)21(40-5)19(12-15)35-23(38)34-18-10-14-8-6-7-9-16(14)20(18)37/h6-9,11-12,18,20,22,37H,10,13H2,1-5H3,(H2,34,35,38)/t18-,20-,22?/m1/s1. The van der Waals surface area contributed by atoms with Crippen molar-refractivity contribution in [2.75, 3.05) is 26.1 Å². The number of carbonyl (C=O) groups excluding carboxylic acids is 2. The molecule has 0 saturated carbocycles. The van der Waals surface area contributed by atoms with Gasteiger partial charge in [0.2, 0.25) is 3.79 Å². The average Bonchev–Trinajstić information content (AvgIpc) is 3.15. The Balaban J connectivity index is 2.00. The van der Waals surface area contributed by atoms with Gasteiger partial charge in [0.1, 0.15) is 12.4 Å². The second-order valence-corrected chi connectivity index (χ2v) is 13.2. The summed E-state index contributed by atoms with van der Waals surface area (Å²) in [5.74, 6) is -0.327. The molecule has 0 bridgehead atoms. The Bertz CT molecular complexity index is 1280. The molecule has 0 saturated heterocycles. The molecule has 0 fully saturated rings. The minimum atomic E-state index is -5.00. The Morgan fingerprint density at radius 3 is 2.32 bits per heavy atom. The number of aliphatic hydroxyl groups excluding tert-OH is 1. The normalized spacial score (nSPS) is 17.9. The van der Waals surface area contributed by atoms with Crippen LogP contribution in [-0.4, -0.2) is 58.9 Å². The van der Waals surface area contributed by atoms with Crippen molar-refractivity contribution in [2.24, 2.45) is 0 Å². The van der Waals surface area contributed by atoms with Crippen LogP contribution < -0.4 is 15.4 Å². The number of nitrogens with zero attached hydrogens (tertiary/aromatic N) is 1. The number of rotatable bonds is 6. The van der Waals surface area contributed by atoms with Crippen LogP contribution in [0.3, 0.4) is 0 Å². The van der Waals surface area contributed by atoms with Gasteiger partial charge in [0.25, 0.3) is 0 Å². The quantitative estimate of drug-likeness (QED) is 0.301. The highest BCUT2D eigenvalue weighted by atomic mass is 35.6. The third-order valence-corrected chi connectivity index (χ3v) is 6.91. The highest BCUT2D eigenvalue weighted by molar-refractivity contribution is 6.67. The number of urea groups is 1. The largest absolute Gasteiger partial charge is 0.494 e. The topological polar surface area (TPSA) is 100 Å². The van der Waals surface area contributed by atoms with Crippen molar-refractivity contribution in [1.82, 2.24) is 10.2 Å². The van der Waals surface area contributed by atoms with Crippen LogP contribution in [0.5, 0.6) is 5.75 Å². The highest BCUT2D eigenvalue weighted by Gasteiger charge is 2.48. The monoisotopic (exact) mass is 639 g/mol. The molecule has 0 spiro atoms. The fourth-order valence-corrected chi connectivity index (χ4v) is 4.76. The van der Waals surface area contributed by atoms with Crippen LogP contribution in [0.25, 0.3) is 0 Å². The molecule has 8 nitrogen and oxygen atoms in total. The van der Waals surface area contributed by atoms with Gasteiger partial charge < -0.3 is 25.2 Å². The van der Waals surface area contributed by atoms with Gasteiger partial charge in [0.15, 0.2) is 6.04 Å². The number of ether oxygens (including phenoxy) is 2. The number of methoxy groups -OCH3 is 1. The first-order valence-electron chi connectivity index (χ1n) is 12.4. The van der Waals surface area contributed by atoms with Crippen LogP contribution in [0, 0.1) is 0 Å². The van der Waals surface area contributed by atoms with Crippen LogP contribution >= 0.6 is 34.8 Å². The van der Waals surface area contributed by atoms with E-state index in [1.807, 2.05) is 12.1 Å². The number of nitrogens with one attached hydrogen (secondary N) is 2. The second kappa shape index (κ2) is 12.3. The lowest BCUT2D eigenvalue weighted by Crippen LogP contribution is -2.42. The SMILES string of the molecule is COc1c(NC(=O)N[C@@H]2Cc3ccccc3[C@H]2O)cc(C(C)(C)C)cc1C(N(C)C(=O)OCC(Cl)(Cl)Cl)C(F)(F)F. The predicted molar refractivity (Wildman–Crippen MR) is 151 cm³/mol. The minimum absolute atomic E-state index is 0.0743. The van der Waals surface area contributed by atoms with Crippen LogP contribution in [0.15, 0.2) is 36.4 Å². The lowest BCUT2D eigenvalue weighted by Gasteiger charge is -2.33. The van der Waals surface area contributed by atoms with E-state index < -0.39 is 57.9 Å². The molecule has 0 aliphatic heterocycles. The van der Waals surface area contributed by atoms with E-state index in [0.717, 1.165) is 19.7 Å². The van der Waals surface area contributed by atoms with Gasteiger partial charge in [0.05, 0.1) is 24.9 Å². The Morgan fingerprint density at radius 2 is 1.78 bits per heavy atom. The zero-order valence-electron chi connectivity index (χ0n) is 22.9. The average molecular weight is 641 g/mol. The number of aliphatic hydroxyl groups is 1. The Labute approximate surface area is 251 Å². The molecule has 1 aliphatic rings. The molecular formula is C27H31Cl3F3N3O5. The Hall–Kier alpha value is -2.60. The van der Waals surface area contributed by atoms with Gasteiger partial charge in [-0.05, 0) is 40.7 Å². The number of amides is 3. The lowest BCUT2D eigenvalue weighted by molar-refractivity contribution is -0.178. The van der Waals surface area contributed by atoms with Crippen LogP contribution in [0.2, 0.25) is 0 Å². The van der Waals surface area contributed by atoms with E-state index in [9.17, 15) is 27.9 Å². The van der Waals surface area contributed by atoms with Crippen LogP contribution in [-0.2, 0) is 16.6 Å². The van der Waals surface area contributed by atoms with E-state index >= 15 is 0 Å². The second-order valence-electron chi connectivity index (χ2n) is 10.7. The molecule has 2 aromatic carbocycles. The third kappa shape index (κ3) is 8.03. The zero-order chi connectivity index (χ0) is 30.9. The zero-order valence-corrected chi connectivity index (χ0v) is 25.2. The van der Waals surface area contributed by atoms with Gasteiger partial charge in [-0.15, -0.1) is 0 Å². The summed E-state index contributed by atoms with van der Waals surface area (Å²) in [6, 6.07) is 5.96. The molecule has 0 radical (unpaired) electrons. The Kier molecular flexibility index (Phi) is 9.90. The summed E-state index contributed by atoms with van der Waals surface area (Å²) in [4.78, 5) is 26.0. The summed E-state index contributed by atoms with van der Waals surface area (Å²) in [5.41, 5.74) is 0.762. The Morgan fingerprint density at radius 1 is 1.15 bits per heavy atom. The van der Waals surface area contributed by atoms with Crippen molar-refractivity contribution in [3.8, 4) is 5.75 Å². The van der Waals surface area contributed by atoms with Gasteiger partial charge >= 0.3 is 18.3 Å². The molecule has 3 amide bonds. The maximum absolute atomic E-state index is 14.6. The molecule has 0 heterocycles. The predicted octanol–water partition coefficient (Wildman–Crippen LogP) is 6.81. The third-order valence-electron chi connectivity index (χ3n) is 6.59. The number of fused-ring (bicyclic) bond motifs is 1. The lowest BCUT2D eigenvalue weighted by atomic mass is 9.84. The van der Waals surface area contributed by atoms with Gasteiger partial charge in [-0.1, -0.05) is 79.8 Å². The molecule has 1 unspecified atom stereocenters. The first kappa shape index (κ1) is 32.9. The van der Waals surface area contributed by atoms with Gasteiger partial charge in [0, 0.05) is 12.6 Å². The number of carbonyl (C=O) groups is 2. The van der Waals surface area contributed by atoms with Crippen molar-refractivity contribution in [3.63, 3.8) is 0 Å². The fourth-order valence-electron chi connectivity index (χ4n) is 4.59. The van der Waals surface area contributed by atoms with E-state index in [1.165, 1.54) is 12.1 Å². The van der Waals surface area contributed by atoms with Crippen molar-refractivity contribution < 1.29 is 37.3 Å². The molecule has 14 heteroatoms. The summed E-state index contributed by atoms with van der Waals surface area (Å²) in [5, 5.41) is 15.9. The van der Waals surface area contributed by atoms with Crippen molar-refractivity contribution in [2.45, 2.75) is 60.8 Å². The number of benzene rings is 2. The van der Waals surface area contributed by atoms with E-state index in [2.05, 4.69) is 10.6 Å². The van der Waals surface area contributed by atoms with Crippen molar-refractivity contribution >= 4 is 52.6 Å². The van der Waals surface area contributed by atoms with Gasteiger partial charge in [-0.2, -0.15) is 13.2 Å². The van der Waals surface area contributed by atoms with Crippen molar-refractivity contribution in [3.05, 3.63) is 58.7 Å². The van der Waals surface area contributed by atoms with E-state index in [4.69, 9.17) is 44.3 Å². The molecule has 226 valence electrons. The van der Waals surface area contributed by atoms with Gasteiger partial charge in [-0.3, -0.25) is 4.90 Å². The molecule has 2 aromatic rings. The molecule has 41 heavy (non-hydrogen) atoms. The number of halogens is 6. The fraction of sp³-hybridized carbons (Fsp3) is 0.481. The van der Waals surface area contributed by atoms with E-state index in [-0.39, 0.29) is 11.4 Å². The minimum Gasteiger partial charge on any atom is -0.494 e. The van der Waals surface area contributed by atoms with Crippen LogP contribution in [0.1, 0.15) is 55.2 Å². The molecule has 3 atom stereocenters. The highest BCUT2D eigenvalue weighted by Crippen LogP contribution is 2.46. The van der Waals surface area contributed by atoms with E-state index in [0.29, 0.717) is 22.4 Å². The molecule has 1 aliphatic carbocycles. The van der Waals surface area contributed by atoms with Crippen molar-refractivity contribution in [1.29, 1.82) is 0 Å². The number of hydrogen-bond donors (Lipinski definition) is 3. The maximum atomic E-state index is 14.6. The van der Waals surface area contributed by atoms with Gasteiger partial charge in [-0.25, -0.2) is 9.59 Å². The summed E-state index contributed by atoms with van der Waals surface area (Å²) >= 11 is 16.8. The molecule has 0 aromatic heterocycles. The first-order chi connectivity index (χ1) is 18.8. The van der Waals surface area contributed by atoms with Crippen LogP contribution in [0.4, 0.5) is 28.4 Å². The number of hydrogen-bond acceptors (Lipinski definition) is 5. The number of alkyl halides is 6. The first-order valence-corrected chi connectivity index (χ1v) is 13.6. The smallest absolute Gasteiger partial charge is 0.413 e. The maximum Gasteiger partial charge on any atom is 0.413 e. The summed E-state index contributed by atoms with van der Waals surface area (Å²) in [6.07, 6.45) is -7.00. The molecular weight excluding hydrogens is 610 g/mol. The van der Waals surface area contributed by atoms with E-state index in [1.54, 1.807) is 32.9 Å². The summed E-state index contributed by atoms with van der Waals surface area (Å²) in [7, 11) is 2.03.